The molecule has 0 bridgehead atoms. The third-order valence-corrected chi connectivity index (χ3v) is 3.76. The van der Waals surface area contributed by atoms with Crippen molar-refractivity contribution in [3.8, 4) is 11.5 Å². The predicted molar refractivity (Wildman–Crippen MR) is 96.6 cm³/mol. The highest BCUT2D eigenvalue weighted by atomic mass is 16.6. The third-order valence-electron chi connectivity index (χ3n) is 3.76. The molecule has 2 aromatic carbocycles. The van der Waals surface area contributed by atoms with E-state index in [0.717, 1.165) is 0 Å². The maximum absolute atomic E-state index is 12.4. The van der Waals surface area contributed by atoms with Crippen molar-refractivity contribution in [3.05, 3.63) is 82.8 Å². The minimum absolute atomic E-state index is 0.196. The topological polar surface area (TPSA) is 96.5 Å². The first-order chi connectivity index (χ1) is 13.1. The highest BCUT2D eigenvalue weighted by Gasteiger charge is 2.27. The van der Waals surface area contributed by atoms with E-state index in [0.29, 0.717) is 17.1 Å². The van der Waals surface area contributed by atoms with Crippen molar-refractivity contribution in [2.75, 3.05) is 6.61 Å². The Morgan fingerprint density at radius 2 is 1.81 bits per heavy atom. The molecule has 0 radical (unpaired) electrons. The highest BCUT2D eigenvalue weighted by molar-refractivity contribution is 5.78. The Kier molecular flexibility index (Phi) is 5.46. The number of imidazole rings is 1. The number of aromatic nitrogens is 2. The minimum atomic E-state index is -0.878. The molecular formula is C19H17N3O5. The van der Waals surface area contributed by atoms with Crippen molar-refractivity contribution in [2.24, 2.45) is 0 Å². The molecule has 0 fully saturated rings. The van der Waals surface area contributed by atoms with Gasteiger partial charge in [0.05, 0.1) is 6.61 Å². The molecule has 0 N–H and O–H groups in total. The van der Waals surface area contributed by atoms with Gasteiger partial charge in [0.15, 0.2) is 6.04 Å². The third kappa shape index (κ3) is 4.30. The number of carbonyl (C=O) groups excluding carboxylic acids is 1. The van der Waals surface area contributed by atoms with Crippen LogP contribution in [0.25, 0.3) is 0 Å². The average molecular weight is 367 g/mol. The van der Waals surface area contributed by atoms with Gasteiger partial charge in [-0.15, -0.1) is 0 Å². The number of para-hydroxylation sites is 1. The molecule has 1 heterocycles. The van der Waals surface area contributed by atoms with Crippen molar-refractivity contribution in [3.63, 3.8) is 0 Å². The van der Waals surface area contributed by atoms with Gasteiger partial charge >= 0.3 is 11.8 Å². The van der Waals surface area contributed by atoms with E-state index in [1.165, 1.54) is 17.1 Å². The van der Waals surface area contributed by atoms with Crippen LogP contribution in [0.5, 0.6) is 11.5 Å². The zero-order valence-electron chi connectivity index (χ0n) is 14.5. The lowest BCUT2D eigenvalue weighted by Crippen LogP contribution is -2.22. The van der Waals surface area contributed by atoms with Crippen LogP contribution in [0.3, 0.4) is 0 Å². The first-order valence-corrected chi connectivity index (χ1v) is 8.26. The maximum Gasteiger partial charge on any atom is 0.381 e. The van der Waals surface area contributed by atoms with Crippen molar-refractivity contribution < 1.29 is 19.2 Å². The smallest absolute Gasteiger partial charge is 0.381 e. The van der Waals surface area contributed by atoms with Gasteiger partial charge in [-0.2, -0.15) is 0 Å². The molecule has 3 aromatic rings. The van der Waals surface area contributed by atoms with Gasteiger partial charge in [0.1, 0.15) is 17.7 Å². The van der Waals surface area contributed by atoms with Gasteiger partial charge in [0.25, 0.3) is 0 Å². The van der Waals surface area contributed by atoms with Gasteiger partial charge in [-0.05, 0) is 46.7 Å². The van der Waals surface area contributed by atoms with E-state index in [-0.39, 0.29) is 12.4 Å². The van der Waals surface area contributed by atoms with Crippen molar-refractivity contribution in [2.45, 2.75) is 13.0 Å². The number of rotatable bonds is 7. The normalized spacial score (nSPS) is 11.6. The van der Waals surface area contributed by atoms with E-state index in [1.807, 2.05) is 30.3 Å². The summed E-state index contributed by atoms with van der Waals surface area (Å²) in [7, 11) is 0. The highest BCUT2D eigenvalue weighted by Crippen LogP contribution is 2.26. The summed E-state index contributed by atoms with van der Waals surface area (Å²) in [5.41, 5.74) is 0.598. The first kappa shape index (κ1) is 18.1. The summed E-state index contributed by atoms with van der Waals surface area (Å²) < 4.78 is 12.2. The molecule has 0 saturated heterocycles. The van der Waals surface area contributed by atoms with Gasteiger partial charge in [-0.25, -0.2) is 4.79 Å². The van der Waals surface area contributed by atoms with Crippen LogP contribution >= 0.6 is 0 Å². The van der Waals surface area contributed by atoms with E-state index in [9.17, 15) is 14.9 Å². The zero-order valence-corrected chi connectivity index (χ0v) is 14.5. The number of nitrogens with zero attached hydrogens (tertiary/aromatic N) is 3. The van der Waals surface area contributed by atoms with E-state index in [1.54, 1.807) is 31.2 Å². The summed E-state index contributed by atoms with van der Waals surface area (Å²) in [5, 5.41) is 10.9. The quantitative estimate of drug-likeness (QED) is 0.358. The first-order valence-electron chi connectivity index (χ1n) is 8.26. The number of hydrogen-bond donors (Lipinski definition) is 0. The molecular weight excluding hydrogens is 350 g/mol. The van der Waals surface area contributed by atoms with Crippen molar-refractivity contribution in [1.29, 1.82) is 0 Å². The molecule has 0 aliphatic carbocycles. The second-order valence-corrected chi connectivity index (χ2v) is 5.57. The SMILES string of the molecule is CCOC(=O)C(c1ccc(Oc2ccccc2)cc1)n1cnc([N+](=O)[O-])c1. The Morgan fingerprint density at radius 3 is 2.41 bits per heavy atom. The summed E-state index contributed by atoms with van der Waals surface area (Å²) in [6.45, 7) is 1.89. The lowest BCUT2D eigenvalue weighted by molar-refractivity contribution is -0.389. The Bertz CT molecular complexity index is 922. The van der Waals surface area contributed by atoms with Gasteiger partial charge in [0, 0.05) is 0 Å². The lowest BCUT2D eigenvalue weighted by Gasteiger charge is -2.16. The van der Waals surface area contributed by atoms with Crippen LogP contribution in [0.1, 0.15) is 18.5 Å². The molecule has 8 nitrogen and oxygen atoms in total. The number of benzene rings is 2. The second-order valence-electron chi connectivity index (χ2n) is 5.57. The fourth-order valence-electron chi connectivity index (χ4n) is 2.56. The number of nitro groups is 1. The van der Waals surface area contributed by atoms with Crippen LogP contribution in [0.4, 0.5) is 5.82 Å². The van der Waals surface area contributed by atoms with E-state index in [4.69, 9.17) is 9.47 Å². The van der Waals surface area contributed by atoms with Crippen molar-refractivity contribution >= 4 is 11.8 Å². The zero-order chi connectivity index (χ0) is 19.2. The molecule has 27 heavy (non-hydrogen) atoms. The van der Waals surface area contributed by atoms with E-state index in [2.05, 4.69) is 4.98 Å². The molecule has 0 saturated carbocycles. The fraction of sp³-hybridized carbons (Fsp3) is 0.158. The average Bonchev–Trinajstić information content (AvgIpc) is 3.14. The molecule has 1 unspecified atom stereocenters. The Morgan fingerprint density at radius 1 is 1.15 bits per heavy atom. The van der Waals surface area contributed by atoms with Crippen LogP contribution in [-0.2, 0) is 9.53 Å². The Balaban J connectivity index is 1.87. The number of hydrogen-bond acceptors (Lipinski definition) is 6. The minimum Gasteiger partial charge on any atom is -0.464 e. The molecule has 1 aromatic heterocycles. The van der Waals surface area contributed by atoms with Crippen LogP contribution in [0.2, 0.25) is 0 Å². The van der Waals surface area contributed by atoms with Gasteiger partial charge in [0.2, 0.25) is 6.33 Å². The molecule has 1 atom stereocenters. The molecule has 3 rings (SSSR count). The summed E-state index contributed by atoms with van der Waals surface area (Å²) in [4.78, 5) is 26.4. The molecule has 0 aliphatic rings. The lowest BCUT2D eigenvalue weighted by atomic mass is 10.1. The summed E-state index contributed by atoms with van der Waals surface area (Å²) in [6.07, 6.45) is 2.45. The fourth-order valence-corrected chi connectivity index (χ4v) is 2.56. The predicted octanol–water partition coefficient (Wildman–Crippen LogP) is 3.74. The second kappa shape index (κ2) is 8.13. The maximum atomic E-state index is 12.4. The Hall–Kier alpha value is -3.68. The number of carbonyl (C=O) groups is 1. The van der Waals surface area contributed by atoms with Gasteiger partial charge in [-0.3, -0.25) is 4.57 Å². The standard InChI is InChI=1S/C19H17N3O5/c1-2-26-19(23)18(21-12-17(20-13-21)22(24)25)14-8-10-16(11-9-14)27-15-6-4-3-5-7-15/h3-13,18H,2H2,1H3. The van der Waals surface area contributed by atoms with Crippen LogP contribution in [-0.4, -0.2) is 27.1 Å². The van der Waals surface area contributed by atoms with Gasteiger partial charge in [-0.1, -0.05) is 30.3 Å². The van der Waals surface area contributed by atoms with Crippen molar-refractivity contribution in [1.82, 2.24) is 9.55 Å². The van der Waals surface area contributed by atoms with E-state index >= 15 is 0 Å². The summed E-state index contributed by atoms with van der Waals surface area (Å²) in [6, 6.07) is 15.3. The van der Waals surface area contributed by atoms with E-state index < -0.39 is 16.9 Å². The molecule has 0 aliphatic heterocycles. The van der Waals surface area contributed by atoms with Gasteiger partial charge < -0.3 is 19.6 Å². The van der Waals surface area contributed by atoms with Crippen LogP contribution in [0, 0.1) is 10.1 Å². The molecule has 0 amide bonds. The number of esters is 1. The number of ether oxygens (including phenoxy) is 2. The monoisotopic (exact) mass is 367 g/mol. The van der Waals surface area contributed by atoms with Crippen LogP contribution < -0.4 is 4.74 Å². The molecule has 8 heteroatoms. The Labute approximate surface area is 155 Å². The molecule has 0 spiro atoms. The largest absolute Gasteiger partial charge is 0.464 e. The molecule has 138 valence electrons. The summed E-state index contributed by atoms with van der Waals surface area (Å²) >= 11 is 0. The van der Waals surface area contributed by atoms with Crippen LogP contribution in [0.15, 0.2) is 67.1 Å². The summed E-state index contributed by atoms with van der Waals surface area (Å²) in [5.74, 6) is 0.427.